The van der Waals surface area contributed by atoms with Gasteiger partial charge in [-0.15, -0.1) is 0 Å². The minimum absolute atomic E-state index is 0.246. The molecule has 2 heterocycles. The topological polar surface area (TPSA) is 65.5 Å². The number of nitrogens with zero attached hydrogens (tertiary/aromatic N) is 3. The maximum Gasteiger partial charge on any atom is 0.244 e. The van der Waals surface area contributed by atoms with Gasteiger partial charge in [0.05, 0.1) is 0 Å². The fourth-order valence-electron chi connectivity index (χ4n) is 2.35. The molecule has 0 amide bonds. The second-order valence-electron chi connectivity index (χ2n) is 6.97. The van der Waals surface area contributed by atoms with Gasteiger partial charge in [-0.1, -0.05) is 20.8 Å². The molecule has 0 saturated carbocycles. The summed E-state index contributed by atoms with van der Waals surface area (Å²) in [6, 6.07) is 3.38. The number of aromatic nitrogens is 1. The Morgan fingerprint density at radius 1 is 1.21 bits per heavy atom. The Balaban J connectivity index is 1.91. The summed E-state index contributed by atoms with van der Waals surface area (Å²) in [5.74, 6) is 1.69. The molecule has 1 aliphatic rings. The van der Waals surface area contributed by atoms with E-state index in [1.54, 1.807) is 12.1 Å². The Kier molecular flexibility index (Phi) is 6.52. The van der Waals surface area contributed by atoms with Gasteiger partial charge in [-0.05, 0) is 19.2 Å². The summed E-state index contributed by atoms with van der Waals surface area (Å²) in [6.45, 7) is 9.95. The van der Waals surface area contributed by atoms with Crippen LogP contribution < -0.4 is 5.32 Å². The molecule has 0 unspecified atom stereocenters. The third-order valence-corrected chi connectivity index (χ3v) is 6.94. The zero-order valence-electron chi connectivity index (χ0n) is 14.9. The standard InChI is InChI=1S/C16H28N4O2S2/c1-16(2,3)23-12-7-17-15-6-5-14(13-18-15)24(21,22)20-10-8-19(4)9-11-20/h5-6,13H,7-12H2,1-4H3,(H,17,18). The Labute approximate surface area is 150 Å². The van der Waals surface area contributed by atoms with Gasteiger partial charge in [0.1, 0.15) is 10.7 Å². The van der Waals surface area contributed by atoms with E-state index in [4.69, 9.17) is 0 Å². The minimum atomic E-state index is -3.43. The third-order valence-electron chi connectivity index (χ3n) is 3.78. The van der Waals surface area contributed by atoms with Crippen LogP contribution in [0.4, 0.5) is 5.82 Å². The zero-order chi connectivity index (χ0) is 17.8. The van der Waals surface area contributed by atoms with Crippen LogP contribution in [0, 0.1) is 0 Å². The quantitative estimate of drug-likeness (QED) is 0.770. The molecule has 0 aliphatic carbocycles. The number of rotatable bonds is 6. The fraction of sp³-hybridized carbons (Fsp3) is 0.688. The Morgan fingerprint density at radius 2 is 1.88 bits per heavy atom. The molecule has 2 rings (SSSR count). The summed E-state index contributed by atoms with van der Waals surface area (Å²) >= 11 is 1.88. The SMILES string of the molecule is CN1CCN(S(=O)(=O)c2ccc(NCCSC(C)(C)C)nc2)CC1. The van der Waals surface area contributed by atoms with Crippen molar-refractivity contribution in [1.82, 2.24) is 14.2 Å². The molecule has 0 spiro atoms. The number of thioether (sulfide) groups is 1. The van der Waals surface area contributed by atoms with Gasteiger partial charge in [0.25, 0.3) is 0 Å². The predicted octanol–water partition coefficient (Wildman–Crippen LogP) is 1.96. The lowest BCUT2D eigenvalue weighted by Gasteiger charge is -2.31. The van der Waals surface area contributed by atoms with Gasteiger partial charge in [-0.25, -0.2) is 13.4 Å². The summed E-state index contributed by atoms with van der Waals surface area (Å²) < 4.78 is 27.0. The molecular weight excluding hydrogens is 344 g/mol. The van der Waals surface area contributed by atoms with Gasteiger partial charge in [-0.2, -0.15) is 16.1 Å². The monoisotopic (exact) mass is 372 g/mol. The van der Waals surface area contributed by atoms with Crippen LogP contribution in [0.3, 0.4) is 0 Å². The molecule has 1 aromatic heterocycles. The van der Waals surface area contributed by atoms with Crippen LogP contribution in [0.2, 0.25) is 0 Å². The van der Waals surface area contributed by atoms with Crippen LogP contribution in [-0.2, 0) is 10.0 Å². The van der Waals surface area contributed by atoms with Crippen molar-refractivity contribution < 1.29 is 8.42 Å². The highest BCUT2D eigenvalue weighted by Gasteiger charge is 2.27. The Hall–Kier alpha value is -0.830. The lowest BCUT2D eigenvalue weighted by molar-refractivity contribution is 0.222. The molecule has 1 saturated heterocycles. The number of likely N-dealkylation sites (N-methyl/N-ethyl adjacent to an activating group) is 1. The van der Waals surface area contributed by atoms with E-state index in [1.165, 1.54) is 10.5 Å². The maximum absolute atomic E-state index is 12.6. The largest absolute Gasteiger partial charge is 0.369 e. The molecule has 24 heavy (non-hydrogen) atoms. The van der Waals surface area contributed by atoms with Gasteiger partial charge in [0, 0.05) is 49.4 Å². The van der Waals surface area contributed by atoms with Crippen molar-refractivity contribution in [3.63, 3.8) is 0 Å². The van der Waals surface area contributed by atoms with Crippen LogP contribution in [-0.4, -0.2) is 72.9 Å². The van der Waals surface area contributed by atoms with E-state index in [9.17, 15) is 8.42 Å². The van der Waals surface area contributed by atoms with Gasteiger partial charge in [0.15, 0.2) is 0 Å². The first-order chi connectivity index (χ1) is 11.2. The first kappa shape index (κ1) is 19.5. The van der Waals surface area contributed by atoms with E-state index in [0.29, 0.717) is 18.9 Å². The van der Waals surface area contributed by atoms with Gasteiger partial charge < -0.3 is 10.2 Å². The van der Waals surface area contributed by atoms with Crippen molar-refractivity contribution in [2.45, 2.75) is 30.4 Å². The van der Waals surface area contributed by atoms with Crippen molar-refractivity contribution >= 4 is 27.6 Å². The molecular formula is C16H28N4O2S2. The maximum atomic E-state index is 12.6. The number of hydrogen-bond donors (Lipinski definition) is 1. The smallest absolute Gasteiger partial charge is 0.244 e. The molecule has 8 heteroatoms. The third kappa shape index (κ3) is 5.61. The highest BCUT2D eigenvalue weighted by molar-refractivity contribution is 8.00. The summed E-state index contributed by atoms with van der Waals surface area (Å²) in [5.41, 5.74) is 0. The molecule has 1 N–H and O–H groups in total. The molecule has 6 nitrogen and oxygen atoms in total. The molecule has 1 aromatic rings. The van der Waals surface area contributed by atoms with E-state index < -0.39 is 10.0 Å². The van der Waals surface area contributed by atoms with Crippen LogP contribution in [0.15, 0.2) is 23.2 Å². The molecule has 0 atom stereocenters. The average Bonchev–Trinajstić information content (AvgIpc) is 2.51. The molecule has 1 fully saturated rings. The number of nitrogens with one attached hydrogen (secondary N) is 1. The number of sulfonamides is 1. The number of pyridine rings is 1. The summed E-state index contributed by atoms with van der Waals surface area (Å²) in [4.78, 5) is 6.65. The highest BCUT2D eigenvalue weighted by Crippen LogP contribution is 2.22. The van der Waals surface area contributed by atoms with E-state index in [0.717, 1.165) is 25.4 Å². The van der Waals surface area contributed by atoms with Crippen LogP contribution in [0.5, 0.6) is 0 Å². The van der Waals surface area contributed by atoms with Crippen LogP contribution >= 0.6 is 11.8 Å². The molecule has 0 aromatic carbocycles. The van der Waals surface area contributed by atoms with Crippen molar-refractivity contribution in [3.05, 3.63) is 18.3 Å². The van der Waals surface area contributed by atoms with Crippen molar-refractivity contribution in [3.8, 4) is 0 Å². The lowest BCUT2D eigenvalue weighted by atomic mass is 10.3. The van der Waals surface area contributed by atoms with Crippen molar-refractivity contribution in [2.75, 3.05) is 50.8 Å². The highest BCUT2D eigenvalue weighted by atomic mass is 32.2. The minimum Gasteiger partial charge on any atom is -0.369 e. The number of anilines is 1. The molecule has 0 radical (unpaired) electrons. The van der Waals surface area contributed by atoms with Crippen LogP contribution in [0.25, 0.3) is 0 Å². The fourth-order valence-corrected chi connectivity index (χ4v) is 4.54. The van der Waals surface area contributed by atoms with E-state index in [2.05, 4.69) is 36.0 Å². The second kappa shape index (κ2) is 8.03. The average molecular weight is 373 g/mol. The summed E-state index contributed by atoms with van der Waals surface area (Å²) in [5, 5.41) is 3.23. The van der Waals surface area contributed by atoms with Crippen molar-refractivity contribution in [2.24, 2.45) is 0 Å². The number of piperazine rings is 1. The van der Waals surface area contributed by atoms with Gasteiger partial charge in [-0.3, -0.25) is 0 Å². The summed E-state index contributed by atoms with van der Waals surface area (Å²) in [7, 11) is -1.43. The predicted molar refractivity (Wildman–Crippen MR) is 101 cm³/mol. The molecule has 1 aliphatic heterocycles. The molecule has 0 bridgehead atoms. The van der Waals surface area contributed by atoms with E-state index in [-0.39, 0.29) is 9.64 Å². The normalized spacial score (nSPS) is 17.8. The van der Waals surface area contributed by atoms with E-state index in [1.807, 2.05) is 18.8 Å². The van der Waals surface area contributed by atoms with Gasteiger partial charge in [0.2, 0.25) is 10.0 Å². The zero-order valence-corrected chi connectivity index (χ0v) is 16.6. The molecule has 136 valence electrons. The van der Waals surface area contributed by atoms with E-state index >= 15 is 0 Å². The lowest BCUT2D eigenvalue weighted by Crippen LogP contribution is -2.47. The Morgan fingerprint density at radius 3 is 2.42 bits per heavy atom. The first-order valence-electron chi connectivity index (χ1n) is 8.21. The van der Waals surface area contributed by atoms with Gasteiger partial charge >= 0.3 is 0 Å². The first-order valence-corrected chi connectivity index (χ1v) is 10.6. The van der Waals surface area contributed by atoms with Crippen LogP contribution in [0.1, 0.15) is 20.8 Å². The number of hydrogen-bond acceptors (Lipinski definition) is 6. The Bertz CT molecular complexity index is 618. The second-order valence-corrected chi connectivity index (χ2v) is 10.8. The van der Waals surface area contributed by atoms with Crippen molar-refractivity contribution in [1.29, 1.82) is 0 Å². The summed E-state index contributed by atoms with van der Waals surface area (Å²) in [6.07, 6.45) is 1.45.